The minimum absolute atomic E-state index is 0.0979. The van der Waals surface area contributed by atoms with Crippen molar-refractivity contribution in [1.82, 2.24) is 0 Å². The molecule has 0 radical (unpaired) electrons. The van der Waals surface area contributed by atoms with Crippen molar-refractivity contribution < 1.29 is 9.47 Å². The van der Waals surface area contributed by atoms with Gasteiger partial charge in [-0.25, -0.2) is 0 Å². The van der Waals surface area contributed by atoms with E-state index in [0.717, 1.165) is 11.4 Å². The van der Waals surface area contributed by atoms with E-state index in [2.05, 4.69) is 5.32 Å². The molecule has 3 heteroatoms. The lowest BCUT2D eigenvalue weighted by molar-refractivity contribution is -0.0162. The average Bonchev–Trinajstić information content (AvgIpc) is 2.24. The molecule has 0 spiro atoms. The lowest BCUT2D eigenvalue weighted by Gasteiger charge is -2.19. The lowest BCUT2D eigenvalue weighted by atomic mass is 10.2. The van der Waals surface area contributed by atoms with Gasteiger partial charge in [-0.1, -0.05) is 0 Å². The molecule has 0 atom stereocenters. The molecule has 0 saturated heterocycles. The van der Waals surface area contributed by atoms with E-state index in [1.807, 2.05) is 52.1 Å². The molecule has 0 fully saturated rings. The molecule has 16 heavy (non-hydrogen) atoms. The summed E-state index contributed by atoms with van der Waals surface area (Å²) in [5.74, 6) is 0.872. The van der Waals surface area contributed by atoms with Crippen LogP contribution in [0.4, 0.5) is 5.69 Å². The summed E-state index contributed by atoms with van der Waals surface area (Å²) in [6.45, 7) is 7.30. The summed E-state index contributed by atoms with van der Waals surface area (Å²) in [6, 6.07) is 7.87. The smallest absolute Gasteiger partial charge is 0.119 e. The molecule has 0 saturated carbocycles. The standard InChI is InChI=1S/C13H21NO2/c1-13(2,3)16-10-9-15-12-7-5-11(14-4)6-8-12/h5-8,14H,9-10H2,1-4H3. The van der Waals surface area contributed by atoms with Crippen LogP contribution in [-0.2, 0) is 4.74 Å². The second-order valence-corrected chi connectivity index (χ2v) is 4.58. The fourth-order valence-electron chi connectivity index (χ4n) is 1.23. The minimum atomic E-state index is -0.0979. The second-order valence-electron chi connectivity index (χ2n) is 4.58. The summed E-state index contributed by atoms with van der Waals surface area (Å²) in [7, 11) is 1.90. The highest BCUT2D eigenvalue weighted by Gasteiger charge is 2.09. The van der Waals surface area contributed by atoms with E-state index < -0.39 is 0 Å². The van der Waals surface area contributed by atoms with Crippen LogP contribution in [0.2, 0.25) is 0 Å². The first-order valence-corrected chi connectivity index (χ1v) is 5.56. The van der Waals surface area contributed by atoms with Crippen LogP contribution in [0.15, 0.2) is 24.3 Å². The number of benzene rings is 1. The van der Waals surface area contributed by atoms with Crippen molar-refractivity contribution in [3.63, 3.8) is 0 Å². The Hall–Kier alpha value is -1.22. The monoisotopic (exact) mass is 223 g/mol. The number of ether oxygens (including phenoxy) is 2. The summed E-state index contributed by atoms with van der Waals surface area (Å²) in [6.07, 6.45) is 0. The molecule has 0 aliphatic carbocycles. The largest absolute Gasteiger partial charge is 0.491 e. The highest BCUT2D eigenvalue weighted by molar-refractivity contribution is 5.45. The molecule has 90 valence electrons. The van der Waals surface area contributed by atoms with E-state index in [-0.39, 0.29) is 5.60 Å². The number of nitrogens with one attached hydrogen (secondary N) is 1. The number of hydrogen-bond donors (Lipinski definition) is 1. The Kier molecular flexibility index (Phi) is 4.62. The van der Waals surface area contributed by atoms with Gasteiger partial charge in [-0.3, -0.25) is 0 Å². The lowest BCUT2D eigenvalue weighted by Crippen LogP contribution is -2.22. The van der Waals surface area contributed by atoms with Gasteiger partial charge in [0.2, 0.25) is 0 Å². The van der Waals surface area contributed by atoms with Gasteiger partial charge in [0.05, 0.1) is 12.2 Å². The van der Waals surface area contributed by atoms with Gasteiger partial charge in [-0.05, 0) is 45.0 Å². The van der Waals surface area contributed by atoms with Crippen LogP contribution in [-0.4, -0.2) is 25.9 Å². The first-order chi connectivity index (χ1) is 7.51. The van der Waals surface area contributed by atoms with Crippen LogP contribution < -0.4 is 10.1 Å². The van der Waals surface area contributed by atoms with Crippen molar-refractivity contribution in [2.45, 2.75) is 26.4 Å². The van der Waals surface area contributed by atoms with Crippen LogP contribution in [0.25, 0.3) is 0 Å². The van der Waals surface area contributed by atoms with Crippen LogP contribution in [0.1, 0.15) is 20.8 Å². The van der Waals surface area contributed by atoms with E-state index in [0.29, 0.717) is 13.2 Å². The van der Waals surface area contributed by atoms with Gasteiger partial charge >= 0.3 is 0 Å². The summed E-state index contributed by atoms with van der Waals surface area (Å²) in [4.78, 5) is 0. The molecule has 0 aromatic heterocycles. The third kappa shape index (κ3) is 5.03. The van der Waals surface area contributed by atoms with E-state index in [1.165, 1.54) is 0 Å². The van der Waals surface area contributed by atoms with Gasteiger partial charge in [0, 0.05) is 12.7 Å². The molecular weight excluding hydrogens is 202 g/mol. The Morgan fingerprint density at radius 2 is 1.69 bits per heavy atom. The zero-order valence-corrected chi connectivity index (χ0v) is 10.5. The van der Waals surface area contributed by atoms with Crippen LogP contribution in [0.3, 0.4) is 0 Å². The van der Waals surface area contributed by atoms with Gasteiger partial charge in [-0.15, -0.1) is 0 Å². The van der Waals surface area contributed by atoms with Crippen molar-refractivity contribution in [2.75, 3.05) is 25.6 Å². The predicted octanol–water partition coefficient (Wildman–Crippen LogP) is 2.92. The average molecular weight is 223 g/mol. The Morgan fingerprint density at radius 1 is 1.06 bits per heavy atom. The van der Waals surface area contributed by atoms with Crippen LogP contribution in [0, 0.1) is 0 Å². The Balaban J connectivity index is 2.27. The molecule has 0 unspecified atom stereocenters. The molecular formula is C13H21NO2. The summed E-state index contributed by atoms with van der Waals surface area (Å²) >= 11 is 0. The summed E-state index contributed by atoms with van der Waals surface area (Å²) in [5, 5.41) is 3.06. The maximum Gasteiger partial charge on any atom is 0.119 e. The molecule has 1 aromatic rings. The molecule has 0 aliphatic heterocycles. The van der Waals surface area contributed by atoms with E-state index >= 15 is 0 Å². The number of hydrogen-bond acceptors (Lipinski definition) is 3. The van der Waals surface area contributed by atoms with E-state index in [9.17, 15) is 0 Å². The van der Waals surface area contributed by atoms with Crippen molar-refractivity contribution in [1.29, 1.82) is 0 Å². The van der Waals surface area contributed by atoms with Gasteiger partial charge < -0.3 is 14.8 Å². The molecule has 1 rings (SSSR count). The second kappa shape index (κ2) is 5.75. The van der Waals surface area contributed by atoms with Gasteiger partial charge in [-0.2, -0.15) is 0 Å². The fourth-order valence-corrected chi connectivity index (χ4v) is 1.23. The Labute approximate surface area is 97.8 Å². The topological polar surface area (TPSA) is 30.5 Å². The quantitative estimate of drug-likeness (QED) is 0.778. The van der Waals surface area contributed by atoms with Crippen molar-refractivity contribution in [3.8, 4) is 5.75 Å². The maximum atomic E-state index is 5.56. The van der Waals surface area contributed by atoms with Crippen LogP contribution >= 0.6 is 0 Å². The molecule has 1 N–H and O–H groups in total. The molecule has 0 amide bonds. The first kappa shape index (κ1) is 12.8. The van der Waals surface area contributed by atoms with Crippen molar-refractivity contribution in [2.24, 2.45) is 0 Å². The van der Waals surface area contributed by atoms with Gasteiger partial charge in [0.15, 0.2) is 0 Å². The number of anilines is 1. The van der Waals surface area contributed by atoms with Crippen LogP contribution in [0.5, 0.6) is 5.75 Å². The SMILES string of the molecule is CNc1ccc(OCCOC(C)(C)C)cc1. The van der Waals surface area contributed by atoms with Crippen molar-refractivity contribution >= 4 is 5.69 Å². The normalized spacial score (nSPS) is 11.2. The van der Waals surface area contributed by atoms with E-state index in [1.54, 1.807) is 0 Å². The minimum Gasteiger partial charge on any atom is -0.491 e. The molecule has 1 aromatic carbocycles. The highest BCUT2D eigenvalue weighted by Crippen LogP contribution is 2.15. The summed E-state index contributed by atoms with van der Waals surface area (Å²) in [5.41, 5.74) is 0.984. The van der Waals surface area contributed by atoms with Gasteiger partial charge in [0.25, 0.3) is 0 Å². The molecule has 3 nitrogen and oxygen atoms in total. The number of rotatable bonds is 5. The fraction of sp³-hybridized carbons (Fsp3) is 0.538. The molecule has 0 aliphatic rings. The third-order valence-electron chi connectivity index (χ3n) is 2.03. The Bertz CT molecular complexity index is 301. The first-order valence-electron chi connectivity index (χ1n) is 5.56. The zero-order chi connectivity index (χ0) is 12.0. The molecule has 0 bridgehead atoms. The predicted molar refractivity (Wildman–Crippen MR) is 67.2 cm³/mol. The molecule has 0 heterocycles. The maximum absolute atomic E-state index is 5.56. The zero-order valence-electron chi connectivity index (χ0n) is 10.5. The highest BCUT2D eigenvalue weighted by atomic mass is 16.5. The third-order valence-corrected chi connectivity index (χ3v) is 2.03. The van der Waals surface area contributed by atoms with Crippen molar-refractivity contribution in [3.05, 3.63) is 24.3 Å². The Morgan fingerprint density at radius 3 is 2.19 bits per heavy atom. The van der Waals surface area contributed by atoms with Gasteiger partial charge in [0.1, 0.15) is 12.4 Å². The summed E-state index contributed by atoms with van der Waals surface area (Å²) < 4.78 is 11.1. The van der Waals surface area contributed by atoms with E-state index in [4.69, 9.17) is 9.47 Å².